The van der Waals surface area contributed by atoms with Crippen LogP contribution in [0, 0.1) is 0 Å². The molecule has 0 aliphatic carbocycles. The zero-order valence-corrected chi connectivity index (χ0v) is 19.6. The molecule has 0 unspecified atom stereocenters. The molecule has 3 aromatic rings. The van der Waals surface area contributed by atoms with Gasteiger partial charge in [0.15, 0.2) is 5.16 Å². The Morgan fingerprint density at radius 1 is 1.13 bits per heavy atom. The predicted octanol–water partition coefficient (Wildman–Crippen LogP) is 3.99. The van der Waals surface area contributed by atoms with Gasteiger partial charge < -0.3 is 9.88 Å². The fraction of sp³-hybridized carbons (Fsp3) is 0.333. The molecule has 31 heavy (non-hydrogen) atoms. The van der Waals surface area contributed by atoms with Crippen LogP contribution in [0.2, 0.25) is 0 Å². The Labute approximate surface area is 190 Å². The highest BCUT2D eigenvalue weighted by Gasteiger charge is 2.27. The van der Waals surface area contributed by atoms with Crippen LogP contribution in [0.4, 0.5) is 5.69 Å². The molecule has 1 amide bonds. The number of aromatic nitrogens is 2. The largest absolute Gasteiger partial charge is 0.329 e. The maximum absolute atomic E-state index is 12.8. The lowest BCUT2D eigenvalue weighted by Crippen LogP contribution is -2.35. The summed E-state index contributed by atoms with van der Waals surface area (Å²) < 4.78 is 29.4. The van der Waals surface area contributed by atoms with E-state index in [1.165, 1.54) is 11.3 Å². The number of thiophene rings is 1. The quantitative estimate of drug-likeness (QED) is 0.557. The molecule has 2 aromatic heterocycles. The Balaban J connectivity index is 1.34. The van der Waals surface area contributed by atoms with E-state index in [2.05, 4.69) is 10.3 Å². The number of carbonyl (C=O) groups excluding carboxylic acids is 1. The minimum absolute atomic E-state index is 0.143. The molecule has 7 nitrogen and oxygen atoms in total. The highest BCUT2D eigenvalue weighted by Crippen LogP contribution is 2.28. The number of carbonyl (C=O) groups is 1. The molecule has 164 valence electrons. The minimum atomic E-state index is -3.45. The van der Waals surface area contributed by atoms with E-state index in [9.17, 15) is 13.2 Å². The second kappa shape index (κ2) is 9.56. The number of imidazole rings is 1. The van der Waals surface area contributed by atoms with Crippen LogP contribution in [-0.4, -0.2) is 41.3 Å². The van der Waals surface area contributed by atoms with Crippen LogP contribution in [0.3, 0.4) is 0 Å². The molecule has 0 radical (unpaired) electrons. The molecule has 1 aliphatic rings. The summed E-state index contributed by atoms with van der Waals surface area (Å²) in [6.45, 7) is 1.15. The van der Waals surface area contributed by atoms with E-state index >= 15 is 0 Å². The molecule has 0 bridgehead atoms. The van der Waals surface area contributed by atoms with Crippen molar-refractivity contribution < 1.29 is 13.2 Å². The van der Waals surface area contributed by atoms with E-state index < -0.39 is 10.0 Å². The molecular weight excluding hydrogens is 452 g/mol. The van der Waals surface area contributed by atoms with Crippen molar-refractivity contribution >= 4 is 44.7 Å². The van der Waals surface area contributed by atoms with Gasteiger partial charge in [-0.3, -0.25) is 4.79 Å². The van der Waals surface area contributed by atoms with Crippen molar-refractivity contribution in [3.63, 3.8) is 0 Å². The average Bonchev–Trinajstić information content (AvgIpc) is 3.40. The third kappa shape index (κ3) is 5.38. The van der Waals surface area contributed by atoms with Crippen molar-refractivity contribution in [1.29, 1.82) is 0 Å². The first-order chi connectivity index (χ1) is 14.9. The Morgan fingerprint density at radius 3 is 2.55 bits per heavy atom. The van der Waals surface area contributed by atoms with Gasteiger partial charge in [-0.15, -0.1) is 11.3 Å². The Kier molecular flexibility index (Phi) is 6.80. The van der Waals surface area contributed by atoms with Gasteiger partial charge in [0.05, 0.1) is 6.42 Å². The molecule has 1 aliphatic heterocycles. The van der Waals surface area contributed by atoms with Crippen molar-refractivity contribution in [3.05, 3.63) is 53.7 Å². The molecule has 1 N–H and O–H groups in total. The first kappa shape index (κ1) is 22.1. The second-order valence-electron chi connectivity index (χ2n) is 7.36. The van der Waals surface area contributed by atoms with Gasteiger partial charge in [0.1, 0.15) is 4.21 Å². The SMILES string of the molecule is Cn1ccnc1Sc1ccc(NC(=O)Cc2ccc(S(=O)(=O)N3CCCCC3)s2)cc1. The summed E-state index contributed by atoms with van der Waals surface area (Å²) in [5.74, 6) is -0.173. The number of amides is 1. The number of anilines is 1. The smallest absolute Gasteiger partial charge is 0.252 e. The highest BCUT2D eigenvalue weighted by atomic mass is 32.2. The summed E-state index contributed by atoms with van der Waals surface area (Å²) in [6.07, 6.45) is 6.67. The molecule has 3 heterocycles. The van der Waals surface area contributed by atoms with Crippen LogP contribution in [0.25, 0.3) is 0 Å². The number of hydrogen-bond donors (Lipinski definition) is 1. The summed E-state index contributed by atoms with van der Waals surface area (Å²) in [6, 6.07) is 10.9. The Bertz CT molecular complexity index is 1150. The highest BCUT2D eigenvalue weighted by molar-refractivity contribution is 7.99. The van der Waals surface area contributed by atoms with Crippen LogP contribution in [0.1, 0.15) is 24.1 Å². The molecule has 0 spiro atoms. The van der Waals surface area contributed by atoms with E-state index in [-0.39, 0.29) is 12.3 Å². The molecule has 1 saturated heterocycles. The third-order valence-electron chi connectivity index (χ3n) is 5.01. The molecule has 1 aromatic carbocycles. The average molecular weight is 477 g/mol. The van der Waals surface area contributed by atoms with E-state index in [0.717, 1.165) is 34.2 Å². The summed E-state index contributed by atoms with van der Waals surface area (Å²) in [7, 11) is -1.51. The number of hydrogen-bond acceptors (Lipinski definition) is 6. The standard InChI is InChI=1S/C21H24N4O3S3/c1-24-14-11-22-21(24)30-17-7-5-16(6-8-17)23-19(26)15-18-9-10-20(29-18)31(27,28)25-12-3-2-4-13-25/h5-11,14H,2-4,12-13,15H2,1H3,(H,23,26). The van der Waals surface area contributed by atoms with Crippen LogP contribution in [-0.2, 0) is 28.3 Å². The summed E-state index contributed by atoms with van der Waals surface area (Å²) in [5, 5.41) is 3.77. The van der Waals surface area contributed by atoms with Gasteiger partial charge in [-0.25, -0.2) is 13.4 Å². The van der Waals surface area contributed by atoms with Crippen molar-refractivity contribution in [2.45, 2.75) is 39.9 Å². The molecule has 0 atom stereocenters. The summed E-state index contributed by atoms with van der Waals surface area (Å²) >= 11 is 2.72. The third-order valence-corrected chi connectivity index (χ3v) is 9.54. The van der Waals surface area contributed by atoms with Crippen LogP contribution < -0.4 is 5.32 Å². The number of piperidine rings is 1. The van der Waals surface area contributed by atoms with Crippen LogP contribution in [0.15, 0.2) is 63.1 Å². The summed E-state index contributed by atoms with van der Waals surface area (Å²) in [4.78, 5) is 18.5. The van der Waals surface area contributed by atoms with E-state index in [4.69, 9.17) is 0 Å². The van der Waals surface area contributed by atoms with Gasteiger partial charge in [0.25, 0.3) is 10.0 Å². The Morgan fingerprint density at radius 2 is 1.87 bits per heavy atom. The van der Waals surface area contributed by atoms with Crippen molar-refractivity contribution in [2.75, 3.05) is 18.4 Å². The zero-order valence-electron chi connectivity index (χ0n) is 17.2. The first-order valence-electron chi connectivity index (χ1n) is 10.1. The number of nitrogens with zero attached hydrogens (tertiary/aromatic N) is 3. The van der Waals surface area contributed by atoms with Gasteiger partial charge in [-0.1, -0.05) is 18.2 Å². The van der Waals surface area contributed by atoms with Crippen molar-refractivity contribution in [3.8, 4) is 0 Å². The lowest BCUT2D eigenvalue weighted by Gasteiger charge is -2.25. The van der Waals surface area contributed by atoms with Gasteiger partial charge in [0, 0.05) is 48.0 Å². The maximum atomic E-state index is 12.8. The maximum Gasteiger partial charge on any atom is 0.252 e. The van der Waals surface area contributed by atoms with E-state index in [1.54, 1.807) is 34.4 Å². The topological polar surface area (TPSA) is 84.3 Å². The number of aryl methyl sites for hydroxylation is 1. The number of sulfonamides is 1. The van der Waals surface area contributed by atoms with Crippen LogP contribution >= 0.6 is 23.1 Å². The molecule has 1 fully saturated rings. The van der Waals surface area contributed by atoms with E-state index in [0.29, 0.717) is 23.0 Å². The van der Waals surface area contributed by atoms with Crippen molar-refractivity contribution in [2.24, 2.45) is 7.05 Å². The van der Waals surface area contributed by atoms with Crippen LogP contribution in [0.5, 0.6) is 0 Å². The Hall–Kier alpha value is -2.14. The number of benzene rings is 1. The van der Waals surface area contributed by atoms with Gasteiger partial charge in [-0.2, -0.15) is 4.31 Å². The molecule has 4 rings (SSSR count). The minimum Gasteiger partial charge on any atom is -0.329 e. The first-order valence-corrected chi connectivity index (χ1v) is 13.1. The number of rotatable bonds is 7. The van der Waals surface area contributed by atoms with Gasteiger partial charge in [0.2, 0.25) is 5.91 Å². The lowest BCUT2D eigenvalue weighted by molar-refractivity contribution is -0.115. The second-order valence-corrected chi connectivity index (χ2v) is 11.7. The zero-order chi connectivity index (χ0) is 21.8. The molecule has 10 heteroatoms. The fourth-order valence-corrected chi connectivity index (χ4v) is 7.18. The molecular formula is C21H24N4O3S3. The molecule has 0 saturated carbocycles. The van der Waals surface area contributed by atoms with Gasteiger partial charge in [-0.05, 0) is 49.2 Å². The predicted molar refractivity (Wildman–Crippen MR) is 123 cm³/mol. The fourth-order valence-electron chi connectivity index (χ4n) is 3.35. The lowest BCUT2D eigenvalue weighted by atomic mass is 10.2. The summed E-state index contributed by atoms with van der Waals surface area (Å²) in [5.41, 5.74) is 0.701. The van der Waals surface area contributed by atoms with E-state index in [1.807, 2.05) is 42.1 Å². The normalized spacial score (nSPS) is 15.1. The van der Waals surface area contributed by atoms with Crippen molar-refractivity contribution in [1.82, 2.24) is 13.9 Å². The number of nitrogens with one attached hydrogen (secondary N) is 1. The van der Waals surface area contributed by atoms with Gasteiger partial charge >= 0.3 is 0 Å². The monoisotopic (exact) mass is 476 g/mol.